The second kappa shape index (κ2) is 7.37. The maximum Gasteiger partial charge on any atom is 0.315 e. The van der Waals surface area contributed by atoms with Gasteiger partial charge in [0.25, 0.3) is 0 Å². The zero-order chi connectivity index (χ0) is 16.1. The van der Waals surface area contributed by atoms with E-state index in [0.29, 0.717) is 26.3 Å². The minimum atomic E-state index is -0.143. The number of nitrogens with one attached hydrogen (secondary N) is 2. The van der Waals surface area contributed by atoms with Crippen LogP contribution >= 0.6 is 11.3 Å². The summed E-state index contributed by atoms with van der Waals surface area (Å²) in [6.45, 7) is 4.37. The predicted octanol–water partition coefficient (Wildman–Crippen LogP) is 2.87. The highest BCUT2D eigenvalue weighted by molar-refractivity contribution is 7.10. The van der Waals surface area contributed by atoms with Crippen molar-refractivity contribution in [3.8, 4) is 11.5 Å². The smallest absolute Gasteiger partial charge is 0.315 e. The van der Waals surface area contributed by atoms with Crippen molar-refractivity contribution >= 4 is 17.4 Å². The van der Waals surface area contributed by atoms with E-state index in [1.165, 1.54) is 10.4 Å². The Labute approximate surface area is 139 Å². The van der Waals surface area contributed by atoms with Gasteiger partial charge in [0, 0.05) is 11.4 Å². The molecule has 0 radical (unpaired) electrons. The molecule has 0 aliphatic carbocycles. The first-order valence-electron chi connectivity index (χ1n) is 7.65. The minimum Gasteiger partial charge on any atom is -0.486 e. The van der Waals surface area contributed by atoms with Crippen LogP contribution in [0, 0.1) is 6.92 Å². The average Bonchev–Trinajstić information content (AvgIpc) is 2.98. The van der Waals surface area contributed by atoms with Gasteiger partial charge in [-0.15, -0.1) is 11.3 Å². The van der Waals surface area contributed by atoms with Crippen LogP contribution in [0.15, 0.2) is 29.6 Å². The van der Waals surface area contributed by atoms with Crippen molar-refractivity contribution in [2.45, 2.75) is 19.9 Å². The number of thiophene rings is 1. The fourth-order valence-electron chi connectivity index (χ4n) is 2.37. The van der Waals surface area contributed by atoms with Gasteiger partial charge >= 0.3 is 6.03 Å². The van der Waals surface area contributed by atoms with Crippen LogP contribution < -0.4 is 20.1 Å². The Balaban J connectivity index is 1.42. The first kappa shape index (κ1) is 15.7. The van der Waals surface area contributed by atoms with E-state index in [1.54, 1.807) is 11.3 Å². The molecular formula is C17H20N2O3S. The van der Waals surface area contributed by atoms with Gasteiger partial charge in [-0.1, -0.05) is 6.07 Å². The molecule has 23 heavy (non-hydrogen) atoms. The highest BCUT2D eigenvalue weighted by Crippen LogP contribution is 2.30. The van der Waals surface area contributed by atoms with Gasteiger partial charge in [0.2, 0.25) is 0 Å². The molecule has 1 aromatic heterocycles. The normalized spacial score (nSPS) is 12.7. The molecule has 3 rings (SSSR count). The lowest BCUT2D eigenvalue weighted by atomic mass is 10.1. The van der Waals surface area contributed by atoms with Crippen molar-refractivity contribution < 1.29 is 14.3 Å². The van der Waals surface area contributed by atoms with Gasteiger partial charge in [-0.05, 0) is 48.1 Å². The number of rotatable bonds is 5. The molecule has 0 fully saturated rings. The molecule has 1 aromatic carbocycles. The summed E-state index contributed by atoms with van der Waals surface area (Å²) in [6, 6.07) is 7.81. The fraction of sp³-hybridized carbons (Fsp3) is 0.353. The fourth-order valence-corrected chi connectivity index (χ4v) is 3.22. The molecule has 0 atom stereocenters. The highest BCUT2D eigenvalue weighted by Gasteiger charge is 2.11. The van der Waals surface area contributed by atoms with Gasteiger partial charge < -0.3 is 20.1 Å². The van der Waals surface area contributed by atoms with Crippen molar-refractivity contribution in [1.82, 2.24) is 10.6 Å². The van der Waals surface area contributed by atoms with Crippen molar-refractivity contribution in [3.63, 3.8) is 0 Å². The van der Waals surface area contributed by atoms with E-state index in [2.05, 4.69) is 16.7 Å². The molecule has 0 bridgehead atoms. The van der Waals surface area contributed by atoms with Crippen LogP contribution in [0.2, 0.25) is 0 Å². The number of ether oxygens (including phenoxy) is 2. The van der Waals surface area contributed by atoms with E-state index in [9.17, 15) is 4.79 Å². The zero-order valence-corrected chi connectivity index (χ0v) is 13.9. The molecule has 2 aromatic rings. The van der Waals surface area contributed by atoms with Crippen molar-refractivity contribution in [2.75, 3.05) is 19.8 Å². The molecular weight excluding hydrogens is 312 g/mol. The molecule has 6 heteroatoms. The molecule has 1 aliphatic heterocycles. The van der Waals surface area contributed by atoms with E-state index in [1.807, 2.05) is 30.5 Å². The maximum atomic E-state index is 11.8. The first-order chi connectivity index (χ1) is 11.2. The van der Waals surface area contributed by atoms with Crippen LogP contribution in [-0.4, -0.2) is 25.8 Å². The number of carbonyl (C=O) groups excluding carboxylic acids is 1. The third-order valence-electron chi connectivity index (χ3n) is 3.68. The van der Waals surface area contributed by atoms with E-state index in [4.69, 9.17) is 9.47 Å². The minimum absolute atomic E-state index is 0.143. The lowest BCUT2D eigenvalue weighted by Gasteiger charge is -2.18. The molecule has 0 saturated heterocycles. The van der Waals surface area contributed by atoms with Crippen LogP contribution in [0.1, 0.15) is 16.0 Å². The topological polar surface area (TPSA) is 59.6 Å². The summed E-state index contributed by atoms with van der Waals surface area (Å²) in [6.07, 6.45) is 0.752. The second-order valence-corrected chi connectivity index (χ2v) is 6.36. The molecule has 122 valence electrons. The van der Waals surface area contributed by atoms with Crippen molar-refractivity contribution in [1.29, 1.82) is 0 Å². The van der Waals surface area contributed by atoms with E-state index in [-0.39, 0.29) is 6.03 Å². The lowest BCUT2D eigenvalue weighted by Crippen LogP contribution is -2.36. The molecule has 0 unspecified atom stereocenters. The summed E-state index contributed by atoms with van der Waals surface area (Å²) in [5, 5.41) is 7.79. The summed E-state index contributed by atoms with van der Waals surface area (Å²) >= 11 is 1.66. The van der Waals surface area contributed by atoms with Crippen LogP contribution in [0.25, 0.3) is 0 Å². The van der Waals surface area contributed by atoms with Gasteiger partial charge in [0.15, 0.2) is 11.5 Å². The lowest BCUT2D eigenvalue weighted by molar-refractivity contribution is 0.171. The Morgan fingerprint density at radius 2 is 2.00 bits per heavy atom. The molecule has 2 amide bonds. The maximum absolute atomic E-state index is 11.8. The van der Waals surface area contributed by atoms with Crippen molar-refractivity contribution in [2.24, 2.45) is 0 Å². The Hall–Kier alpha value is -2.21. The number of hydrogen-bond acceptors (Lipinski definition) is 4. The van der Waals surface area contributed by atoms with Gasteiger partial charge in [0.1, 0.15) is 13.2 Å². The first-order valence-corrected chi connectivity index (χ1v) is 8.53. The molecule has 5 nitrogen and oxygen atoms in total. The van der Waals surface area contributed by atoms with Gasteiger partial charge in [-0.2, -0.15) is 0 Å². The standard InChI is InChI=1S/C17H20N2O3S/c1-12-5-9-23-16(12)11-19-17(20)18-6-4-13-2-3-14-15(10-13)22-8-7-21-14/h2-3,5,9-10H,4,6-8,11H2,1H3,(H2,18,19,20). The van der Waals surface area contributed by atoms with Crippen LogP contribution in [0.3, 0.4) is 0 Å². The molecule has 2 N–H and O–H groups in total. The number of aryl methyl sites for hydroxylation is 1. The van der Waals surface area contributed by atoms with E-state index in [0.717, 1.165) is 23.5 Å². The Bertz CT molecular complexity index is 684. The second-order valence-electron chi connectivity index (χ2n) is 5.36. The SMILES string of the molecule is Cc1ccsc1CNC(=O)NCCc1ccc2c(c1)OCCO2. The monoisotopic (exact) mass is 332 g/mol. The quantitative estimate of drug-likeness (QED) is 0.885. The number of fused-ring (bicyclic) bond motifs is 1. The van der Waals surface area contributed by atoms with E-state index >= 15 is 0 Å². The Morgan fingerprint density at radius 1 is 1.17 bits per heavy atom. The summed E-state index contributed by atoms with van der Waals surface area (Å²) in [7, 11) is 0. The summed E-state index contributed by atoms with van der Waals surface area (Å²) in [4.78, 5) is 13.0. The number of amides is 2. The van der Waals surface area contributed by atoms with Gasteiger partial charge in [0.05, 0.1) is 6.54 Å². The number of hydrogen-bond donors (Lipinski definition) is 2. The molecule has 0 saturated carbocycles. The van der Waals surface area contributed by atoms with Crippen LogP contribution in [-0.2, 0) is 13.0 Å². The highest BCUT2D eigenvalue weighted by atomic mass is 32.1. The number of carbonyl (C=O) groups is 1. The third-order valence-corrected chi connectivity index (χ3v) is 4.71. The summed E-state index contributed by atoms with van der Waals surface area (Å²) in [5.74, 6) is 1.57. The van der Waals surface area contributed by atoms with Crippen LogP contribution in [0.5, 0.6) is 11.5 Å². The zero-order valence-electron chi connectivity index (χ0n) is 13.1. The Morgan fingerprint density at radius 3 is 2.78 bits per heavy atom. The third kappa shape index (κ3) is 4.16. The summed E-state index contributed by atoms with van der Waals surface area (Å²) < 4.78 is 11.1. The van der Waals surface area contributed by atoms with Crippen LogP contribution in [0.4, 0.5) is 4.79 Å². The predicted molar refractivity (Wildman–Crippen MR) is 90.4 cm³/mol. The number of urea groups is 1. The Kier molecular flexibility index (Phi) is 5.02. The molecule has 1 aliphatic rings. The van der Waals surface area contributed by atoms with Crippen molar-refractivity contribution in [3.05, 3.63) is 45.6 Å². The van der Waals surface area contributed by atoms with E-state index < -0.39 is 0 Å². The molecule has 2 heterocycles. The largest absolute Gasteiger partial charge is 0.486 e. The molecule has 0 spiro atoms. The van der Waals surface area contributed by atoms with Gasteiger partial charge in [-0.25, -0.2) is 4.79 Å². The van der Waals surface area contributed by atoms with Gasteiger partial charge in [-0.3, -0.25) is 0 Å². The average molecular weight is 332 g/mol. The number of benzene rings is 1. The summed E-state index contributed by atoms with van der Waals surface area (Å²) in [5.41, 5.74) is 2.33.